The van der Waals surface area contributed by atoms with Crippen LogP contribution in [0.15, 0.2) is 4.52 Å². The predicted molar refractivity (Wildman–Crippen MR) is 74.9 cm³/mol. The third-order valence-corrected chi connectivity index (χ3v) is 3.31. The molecule has 0 aliphatic heterocycles. The van der Waals surface area contributed by atoms with Gasteiger partial charge in [0.1, 0.15) is 6.10 Å². The normalized spacial score (nSPS) is 15.8. The van der Waals surface area contributed by atoms with Gasteiger partial charge in [-0.2, -0.15) is 4.98 Å². The minimum atomic E-state index is -0.155. The smallest absolute Gasteiger partial charge is 0.228 e. The molecule has 0 aromatic carbocycles. The Morgan fingerprint density at radius 1 is 1.32 bits per heavy atom. The van der Waals surface area contributed by atoms with Crippen molar-refractivity contribution in [2.45, 2.75) is 53.2 Å². The average molecular weight is 269 g/mol. The van der Waals surface area contributed by atoms with Crippen LogP contribution in [0, 0.1) is 11.3 Å². The largest absolute Gasteiger partial charge is 0.373 e. The summed E-state index contributed by atoms with van der Waals surface area (Å²) in [4.78, 5) is 4.48. The van der Waals surface area contributed by atoms with Crippen molar-refractivity contribution in [3.63, 3.8) is 0 Å². The zero-order valence-electron chi connectivity index (χ0n) is 13.2. The van der Waals surface area contributed by atoms with E-state index in [4.69, 9.17) is 9.26 Å². The predicted octanol–water partition coefficient (Wildman–Crippen LogP) is 2.59. The van der Waals surface area contributed by atoms with E-state index in [1.165, 1.54) is 0 Å². The molecule has 1 N–H and O–H groups in total. The van der Waals surface area contributed by atoms with Gasteiger partial charge >= 0.3 is 0 Å². The van der Waals surface area contributed by atoms with Crippen LogP contribution in [0.25, 0.3) is 0 Å². The SMILES string of the molecule is CNC(Cc1nc(C(OC)C(C)(C)C)no1)C(C)C. The van der Waals surface area contributed by atoms with Gasteiger partial charge < -0.3 is 14.6 Å². The van der Waals surface area contributed by atoms with Crippen molar-refractivity contribution in [2.75, 3.05) is 14.2 Å². The molecular formula is C14H27N3O2. The van der Waals surface area contributed by atoms with Crippen LogP contribution in [0.4, 0.5) is 0 Å². The molecule has 0 saturated carbocycles. The van der Waals surface area contributed by atoms with Crippen LogP contribution in [-0.4, -0.2) is 30.3 Å². The van der Waals surface area contributed by atoms with E-state index in [9.17, 15) is 0 Å². The molecule has 1 rings (SSSR count). The van der Waals surface area contributed by atoms with E-state index in [1.807, 2.05) is 7.05 Å². The topological polar surface area (TPSA) is 60.2 Å². The monoisotopic (exact) mass is 269 g/mol. The number of hydrogen-bond donors (Lipinski definition) is 1. The number of aromatic nitrogens is 2. The molecule has 0 spiro atoms. The minimum absolute atomic E-state index is 0.0592. The molecule has 1 aromatic heterocycles. The number of rotatable bonds is 6. The Bertz CT molecular complexity index is 382. The van der Waals surface area contributed by atoms with Crippen LogP contribution < -0.4 is 5.32 Å². The lowest BCUT2D eigenvalue weighted by molar-refractivity contribution is 0.00718. The number of hydrogen-bond acceptors (Lipinski definition) is 5. The van der Waals surface area contributed by atoms with Gasteiger partial charge in [0, 0.05) is 19.6 Å². The maximum atomic E-state index is 5.49. The summed E-state index contributed by atoms with van der Waals surface area (Å²) in [5.41, 5.74) is -0.0592. The van der Waals surface area contributed by atoms with Crippen molar-refractivity contribution >= 4 is 0 Å². The summed E-state index contributed by atoms with van der Waals surface area (Å²) in [5.74, 6) is 1.80. The molecule has 5 nitrogen and oxygen atoms in total. The summed E-state index contributed by atoms with van der Waals surface area (Å²) >= 11 is 0. The summed E-state index contributed by atoms with van der Waals surface area (Å²) in [7, 11) is 3.63. The number of nitrogens with zero attached hydrogens (tertiary/aromatic N) is 2. The van der Waals surface area contributed by atoms with Crippen molar-refractivity contribution in [1.82, 2.24) is 15.5 Å². The van der Waals surface area contributed by atoms with Gasteiger partial charge in [0.15, 0.2) is 0 Å². The average Bonchev–Trinajstić information content (AvgIpc) is 2.72. The van der Waals surface area contributed by atoms with Crippen LogP contribution in [0.2, 0.25) is 0 Å². The summed E-state index contributed by atoms with van der Waals surface area (Å²) in [6.07, 6.45) is 0.582. The Morgan fingerprint density at radius 2 is 1.95 bits per heavy atom. The minimum Gasteiger partial charge on any atom is -0.373 e. The Labute approximate surface area is 116 Å². The molecule has 2 atom stereocenters. The van der Waals surface area contributed by atoms with Gasteiger partial charge in [-0.3, -0.25) is 0 Å². The number of likely N-dealkylation sites (N-methyl/N-ethyl adjacent to an activating group) is 1. The van der Waals surface area contributed by atoms with Crippen molar-refractivity contribution in [2.24, 2.45) is 11.3 Å². The lowest BCUT2D eigenvalue weighted by Crippen LogP contribution is -2.32. The van der Waals surface area contributed by atoms with E-state index in [1.54, 1.807) is 7.11 Å². The van der Waals surface area contributed by atoms with Gasteiger partial charge in [-0.1, -0.05) is 39.8 Å². The molecule has 1 aromatic rings. The molecule has 0 aliphatic rings. The van der Waals surface area contributed by atoms with Crippen molar-refractivity contribution < 1.29 is 9.26 Å². The second-order valence-corrected chi connectivity index (χ2v) is 6.37. The Kier molecular flexibility index (Phi) is 5.50. The molecule has 1 heterocycles. The first-order chi connectivity index (χ1) is 8.79. The molecule has 0 bridgehead atoms. The third kappa shape index (κ3) is 4.28. The van der Waals surface area contributed by atoms with E-state index in [-0.39, 0.29) is 11.5 Å². The van der Waals surface area contributed by atoms with Crippen LogP contribution in [-0.2, 0) is 11.2 Å². The van der Waals surface area contributed by atoms with Gasteiger partial charge in [0.2, 0.25) is 11.7 Å². The van der Waals surface area contributed by atoms with E-state index in [0.29, 0.717) is 23.7 Å². The van der Waals surface area contributed by atoms with Crippen molar-refractivity contribution in [3.8, 4) is 0 Å². The lowest BCUT2D eigenvalue weighted by Gasteiger charge is -2.26. The van der Waals surface area contributed by atoms with Gasteiger partial charge in [-0.15, -0.1) is 0 Å². The Morgan fingerprint density at radius 3 is 2.37 bits per heavy atom. The van der Waals surface area contributed by atoms with E-state index in [2.05, 4.69) is 50.1 Å². The van der Waals surface area contributed by atoms with E-state index < -0.39 is 0 Å². The van der Waals surface area contributed by atoms with Crippen LogP contribution in [0.3, 0.4) is 0 Å². The van der Waals surface area contributed by atoms with Gasteiger partial charge in [0.05, 0.1) is 0 Å². The highest BCUT2D eigenvalue weighted by Gasteiger charge is 2.30. The second kappa shape index (κ2) is 6.48. The number of methoxy groups -OCH3 is 1. The molecule has 19 heavy (non-hydrogen) atoms. The van der Waals surface area contributed by atoms with Gasteiger partial charge in [-0.25, -0.2) is 0 Å². The first-order valence-electron chi connectivity index (χ1n) is 6.82. The fourth-order valence-electron chi connectivity index (χ4n) is 2.16. The summed E-state index contributed by atoms with van der Waals surface area (Å²) in [6.45, 7) is 10.6. The Hall–Kier alpha value is -0.940. The van der Waals surface area contributed by atoms with Crippen molar-refractivity contribution in [3.05, 3.63) is 11.7 Å². The lowest BCUT2D eigenvalue weighted by atomic mass is 9.88. The van der Waals surface area contributed by atoms with Crippen LogP contribution in [0.5, 0.6) is 0 Å². The molecular weight excluding hydrogens is 242 g/mol. The zero-order valence-corrected chi connectivity index (χ0v) is 13.2. The molecule has 0 fully saturated rings. The third-order valence-electron chi connectivity index (χ3n) is 3.31. The zero-order chi connectivity index (χ0) is 14.6. The summed E-state index contributed by atoms with van der Waals surface area (Å²) in [5, 5.41) is 7.34. The summed E-state index contributed by atoms with van der Waals surface area (Å²) in [6, 6.07) is 0.337. The number of ether oxygens (including phenoxy) is 1. The molecule has 0 saturated heterocycles. The molecule has 0 amide bonds. The second-order valence-electron chi connectivity index (χ2n) is 6.37. The molecule has 110 valence electrons. The fourth-order valence-corrected chi connectivity index (χ4v) is 2.16. The maximum Gasteiger partial charge on any atom is 0.228 e. The highest BCUT2D eigenvalue weighted by Crippen LogP contribution is 2.33. The van der Waals surface area contributed by atoms with Crippen LogP contribution in [0.1, 0.15) is 52.4 Å². The van der Waals surface area contributed by atoms with Gasteiger partial charge in [-0.05, 0) is 18.4 Å². The fraction of sp³-hybridized carbons (Fsp3) is 0.857. The first kappa shape index (κ1) is 16.1. The molecule has 5 heteroatoms. The quantitative estimate of drug-likeness (QED) is 0.860. The van der Waals surface area contributed by atoms with E-state index >= 15 is 0 Å². The Balaban J connectivity index is 2.82. The van der Waals surface area contributed by atoms with Crippen LogP contribution >= 0.6 is 0 Å². The molecule has 0 aliphatic carbocycles. The van der Waals surface area contributed by atoms with Gasteiger partial charge in [0.25, 0.3) is 0 Å². The number of nitrogens with one attached hydrogen (secondary N) is 1. The van der Waals surface area contributed by atoms with E-state index in [0.717, 1.165) is 6.42 Å². The standard InChI is InChI=1S/C14H27N3O2/c1-9(2)10(15-6)8-11-16-13(17-19-11)12(18-7)14(3,4)5/h9-10,12,15H,8H2,1-7H3. The summed E-state index contributed by atoms with van der Waals surface area (Å²) < 4.78 is 10.8. The molecule has 2 unspecified atom stereocenters. The first-order valence-corrected chi connectivity index (χ1v) is 6.82. The van der Waals surface area contributed by atoms with Crippen molar-refractivity contribution in [1.29, 1.82) is 0 Å². The maximum absolute atomic E-state index is 5.49. The highest BCUT2D eigenvalue weighted by molar-refractivity contribution is 4.97. The molecule has 0 radical (unpaired) electrons. The highest BCUT2D eigenvalue weighted by atomic mass is 16.5.